The molecule has 0 heterocycles. The van der Waals surface area contributed by atoms with Gasteiger partial charge in [0.1, 0.15) is 11.5 Å². The first-order valence-corrected chi connectivity index (χ1v) is 32.3. The number of hydrogen-bond acceptors (Lipinski definition) is 4. The van der Waals surface area contributed by atoms with E-state index in [0.717, 1.165) is 60.8 Å². The smallest absolute Gasteiger partial charge is 0.123 e. The SMILES string of the molecule is CCCCCCCCCCCCCCCC(CC)C(O)(CC(CCO)(Cc1cc(C(C)(C)C)c(O)c(C(C)(C)C)c1)Cc1cc(C(C)(C)C)c(O)c(C(C)(C)C)c1)C(CC)CCCCCCCCCCCCCCC. The third kappa shape index (κ3) is 24.5. The molecule has 0 aliphatic carbocycles. The second-order valence-electron chi connectivity index (χ2n) is 28.8. The fourth-order valence-electron chi connectivity index (χ4n) is 13.1. The van der Waals surface area contributed by atoms with E-state index in [2.05, 4.69) is 135 Å². The molecule has 2 aromatic carbocycles. The predicted octanol–water partition coefficient (Wildman–Crippen LogP) is 21.6. The van der Waals surface area contributed by atoms with Gasteiger partial charge >= 0.3 is 0 Å². The van der Waals surface area contributed by atoms with Crippen molar-refractivity contribution in [2.24, 2.45) is 17.3 Å². The number of rotatable bonds is 40. The van der Waals surface area contributed by atoms with Crippen molar-refractivity contribution in [3.8, 4) is 11.5 Å². The summed E-state index contributed by atoms with van der Waals surface area (Å²) in [4.78, 5) is 0. The van der Waals surface area contributed by atoms with E-state index in [1.807, 2.05) is 0 Å². The zero-order chi connectivity index (χ0) is 56.4. The largest absolute Gasteiger partial charge is 0.507 e. The van der Waals surface area contributed by atoms with Gasteiger partial charge in [-0.1, -0.05) is 315 Å². The molecule has 0 aromatic heterocycles. The van der Waals surface area contributed by atoms with Crippen molar-refractivity contribution in [2.45, 2.75) is 356 Å². The van der Waals surface area contributed by atoms with E-state index in [4.69, 9.17) is 0 Å². The van der Waals surface area contributed by atoms with Gasteiger partial charge in [0.25, 0.3) is 0 Å². The van der Waals surface area contributed by atoms with E-state index < -0.39 is 11.0 Å². The average Bonchev–Trinajstić information content (AvgIpc) is 3.31. The monoisotopic (exact) mass is 1040 g/mol. The molecule has 2 atom stereocenters. The summed E-state index contributed by atoms with van der Waals surface area (Å²) in [7, 11) is 0. The minimum absolute atomic E-state index is 0.0219. The lowest BCUT2D eigenvalue weighted by Gasteiger charge is -2.49. The fraction of sp³-hybridized carbons (Fsp3) is 0.831. The van der Waals surface area contributed by atoms with Crippen LogP contribution >= 0.6 is 0 Å². The van der Waals surface area contributed by atoms with Crippen LogP contribution in [0.3, 0.4) is 0 Å². The molecule has 0 saturated carbocycles. The van der Waals surface area contributed by atoms with Crippen LogP contribution in [0.1, 0.15) is 350 Å². The summed E-state index contributed by atoms with van der Waals surface area (Å²) in [5.41, 5.74) is 3.52. The summed E-state index contributed by atoms with van der Waals surface area (Å²) < 4.78 is 0. The van der Waals surface area contributed by atoms with E-state index in [-0.39, 0.29) is 40.1 Å². The summed E-state index contributed by atoms with van der Waals surface area (Å²) in [6, 6.07) is 9.01. The Labute approximate surface area is 467 Å². The lowest BCUT2D eigenvalue weighted by atomic mass is 9.59. The van der Waals surface area contributed by atoms with Crippen LogP contribution in [0.2, 0.25) is 0 Å². The molecular formula is C71H128O4. The molecule has 2 rings (SSSR count). The van der Waals surface area contributed by atoms with Gasteiger partial charge in [0.2, 0.25) is 0 Å². The topological polar surface area (TPSA) is 80.9 Å². The normalized spacial score (nSPS) is 14.6. The van der Waals surface area contributed by atoms with Gasteiger partial charge in [0, 0.05) is 6.61 Å². The lowest BCUT2D eigenvalue weighted by molar-refractivity contribution is -0.114. The Bertz CT molecular complexity index is 1620. The van der Waals surface area contributed by atoms with E-state index in [1.54, 1.807) is 0 Å². The molecule has 75 heavy (non-hydrogen) atoms. The highest BCUT2D eigenvalue weighted by molar-refractivity contribution is 5.52. The minimum atomic E-state index is -0.944. The number of unbranched alkanes of at least 4 members (excludes halogenated alkanes) is 24. The molecule has 0 spiro atoms. The molecule has 4 N–H and O–H groups in total. The van der Waals surface area contributed by atoms with Gasteiger partial charge in [-0.25, -0.2) is 0 Å². The average molecular weight is 1050 g/mol. The van der Waals surface area contributed by atoms with Gasteiger partial charge in [-0.15, -0.1) is 0 Å². The summed E-state index contributed by atoms with van der Waals surface area (Å²) in [6.45, 7) is 35.6. The Balaban J connectivity index is 2.71. The highest BCUT2D eigenvalue weighted by Gasteiger charge is 2.48. The molecular weight excluding hydrogens is 917 g/mol. The van der Waals surface area contributed by atoms with Crippen molar-refractivity contribution < 1.29 is 20.4 Å². The molecule has 0 saturated heterocycles. The molecule has 2 unspecified atom stereocenters. The first-order chi connectivity index (χ1) is 35.2. The first kappa shape index (κ1) is 69.1. The van der Waals surface area contributed by atoms with Gasteiger partial charge in [-0.05, 0) is 111 Å². The lowest BCUT2D eigenvalue weighted by Crippen LogP contribution is -2.50. The highest BCUT2D eigenvalue weighted by Crippen LogP contribution is 2.51. The van der Waals surface area contributed by atoms with Crippen LogP contribution in [0, 0.1) is 17.3 Å². The van der Waals surface area contributed by atoms with Crippen molar-refractivity contribution in [3.63, 3.8) is 0 Å². The molecule has 0 bridgehead atoms. The first-order valence-electron chi connectivity index (χ1n) is 32.3. The maximum atomic E-state index is 14.3. The molecule has 0 aliphatic rings. The van der Waals surface area contributed by atoms with Gasteiger partial charge in [0.05, 0.1) is 5.60 Å². The summed E-state index contributed by atoms with van der Waals surface area (Å²) in [5, 5.41) is 49.8. The van der Waals surface area contributed by atoms with Crippen molar-refractivity contribution in [1.82, 2.24) is 0 Å². The summed E-state index contributed by atoms with van der Waals surface area (Å²) in [6.07, 6.45) is 41.0. The summed E-state index contributed by atoms with van der Waals surface area (Å²) >= 11 is 0. The van der Waals surface area contributed by atoms with Crippen LogP contribution in [-0.2, 0) is 34.5 Å². The number of phenolic OH excluding ortho intramolecular Hbond substituents is 2. The van der Waals surface area contributed by atoms with E-state index in [9.17, 15) is 20.4 Å². The maximum Gasteiger partial charge on any atom is 0.123 e. The van der Waals surface area contributed by atoms with Crippen LogP contribution in [0.25, 0.3) is 0 Å². The Hall–Kier alpha value is -2.04. The number of phenols is 2. The number of aromatic hydroxyl groups is 2. The Kier molecular flexibility index (Phi) is 31.5. The van der Waals surface area contributed by atoms with Crippen LogP contribution < -0.4 is 0 Å². The molecule has 0 aliphatic heterocycles. The minimum Gasteiger partial charge on any atom is -0.507 e. The molecule has 4 heteroatoms. The molecule has 0 radical (unpaired) electrons. The molecule has 436 valence electrons. The van der Waals surface area contributed by atoms with E-state index >= 15 is 0 Å². The Morgan fingerprint density at radius 1 is 0.373 bits per heavy atom. The zero-order valence-corrected chi connectivity index (χ0v) is 53.0. The Morgan fingerprint density at radius 3 is 0.827 bits per heavy atom. The van der Waals surface area contributed by atoms with Crippen LogP contribution in [0.15, 0.2) is 24.3 Å². The number of hydrogen-bond donors (Lipinski definition) is 4. The molecule has 0 amide bonds. The molecule has 2 aromatic rings. The van der Waals surface area contributed by atoms with Crippen LogP contribution in [0.4, 0.5) is 0 Å². The second-order valence-corrected chi connectivity index (χ2v) is 28.8. The van der Waals surface area contributed by atoms with Crippen molar-refractivity contribution in [1.29, 1.82) is 0 Å². The number of benzene rings is 2. The van der Waals surface area contributed by atoms with Crippen molar-refractivity contribution >= 4 is 0 Å². The fourth-order valence-corrected chi connectivity index (χ4v) is 13.1. The third-order valence-corrected chi connectivity index (χ3v) is 17.7. The molecule has 4 nitrogen and oxygen atoms in total. The Morgan fingerprint density at radius 2 is 0.613 bits per heavy atom. The maximum absolute atomic E-state index is 14.3. The molecule has 0 fully saturated rings. The highest BCUT2D eigenvalue weighted by atomic mass is 16.3. The van der Waals surface area contributed by atoms with Gasteiger partial charge in [-0.2, -0.15) is 0 Å². The van der Waals surface area contributed by atoms with Crippen LogP contribution in [0.5, 0.6) is 11.5 Å². The standard InChI is InChI=1S/C71H128O4/c1-17-21-23-25-27-29-31-33-35-37-39-41-43-45-58(19-3)71(75,59(20-4)46-44-42-40-38-36-34-32-30-28-26-24-22-18-2)55-70(47-48-72,53-56-49-60(66(5,6)7)64(73)61(50-56)67(8,9)10)54-57-51-62(68(11,12)13)65(74)63(52-57)69(14,15)16/h49-52,58-59,72-75H,17-48,53-55H2,1-16H3. The van der Waals surface area contributed by atoms with E-state index in [1.165, 1.54) is 165 Å². The van der Waals surface area contributed by atoms with Crippen LogP contribution in [-0.4, -0.2) is 32.6 Å². The van der Waals surface area contributed by atoms with Gasteiger partial charge in [0.15, 0.2) is 0 Å². The third-order valence-electron chi connectivity index (χ3n) is 17.7. The van der Waals surface area contributed by atoms with Crippen molar-refractivity contribution in [2.75, 3.05) is 6.61 Å². The predicted molar refractivity (Wildman–Crippen MR) is 330 cm³/mol. The zero-order valence-electron chi connectivity index (χ0n) is 53.0. The van der Waals surface area contributed by atoms with Gasteiger partial charge in [-0.3, -0.25) is 0 Å². The second kappa shape index (κ2) is 34.2. The summed E-state index contributed by atoms with van der Waals surface area (Å²) in [5.74, 6) is 1.05. The van der Waals surface area contributed by atoms with E-state index in [0.29, 0.717) is 37.2 Å². The number of aliphatic hydroxyl groups is 2. The quantitative estimate of drug-likeness (QED) is 0.0502. The number of aliphatic hydroxyl groups excluding tert-OH is 1. The van der Waals surface area contributed by atoms with Gasteiger partial charge < -0.3 is 20.4 Å². The van der Waals surface area contributed by atoms with Crippen molar-refractivity contribution in [3.05, 3.63) is 57.6 Å².